The lowest BCUT2D eigenvalue weighted by molar-refractivity contribution is -0.125. The van der Waals surface area contributed by atoms with Crippen LogP contribution in [0.1, 0.15) is 53.5 Å². The molecule has 1 aliphatic rings. The minimum absolute atomic E-state index is 0.0614. The molecular formula is C24H38F2N4O3. The molecule has 1 aromatic rings. The van der Waals surface area contributed by atoms with Crippen molar-refractivity contribution in [3.8, 4) is 0 Å². The van der Waals surface area contributed by atoms with Crippen LogP contribution in [0.4, 0.5) is 20.2 Å². The van der Waals surface area contributed by atoms with Crippen molar-refractivity contribution in [3.63, 3.8) is 0 Å². The average molecular weight is 469 g/mol. The van der Waals surface area contributed by atoms with Crippen molar-refractivity contribution >= 4 is 23.2 Å². The molecule has 2 amide bonds. The molecule has 0 aromatic heterocycles. The largest absolute Gasteiger partial charge is 0.370 e. The van der Waals surface area contributed by atoms with E-state index >= 15 is 0 Å². The number of alkyl halides is 2. The molecule has 1 saturated heterocycles. The van der Waals surface area contributed by atoms with Gasteiger partial charge in [0, 0.05) is 37.4 Å². The number of hydrogen-bond donors (Lipinski definition) is 2. The van der Waals surface area contributed by atoms with Gasteiger partial charge in [-0.05, 0) is 29.0 Å². The van der Waals surface area contributed by atoms with E-state index in [0.29, 0.717) is 13.1 Å². The number of nitrogens with two attached hydrogens (primary N) is 1. The highest BCUT2D eigenvalue weighted by atomic mass is 19.3. The maximum Gasteiger partial charge on any atom is 0.265 e. The zero-order chi connectivity index (χ0) is 25.0. The van der Waals surface area contributed by atoms with Gasteiger partial charge in [0.25, 0.3) is 12.3 Å². The van der Waals surface area contributed by atoms with Gasteiger partial charge in [-0.25, -0.2) is 8.78 Å². The maximum absolute atomic E-state index is 13.8. The van der Waals surface area contributed by atoms with Gasteiger partial charge in [0.15, 0.2) is 0 Å². The Bertz CT molecular complexity index is 818. The summed E-state index contributed by atoms with van der Waals surface area (Å²) in [5.41, 5.74) is 5.94. The number of anilines is 2. The molecule has 1 heterocycles. The van der Waals surface area contributed by atoms with Crippen LogP contribution in [0, 0.1) is 10.8 Å². The summed E-state index contributed by atoms with van der Waals surface area (Å²) >= 11 is 0. The van der Waals surface area contributed by atoms with Crippen LogP contribution in [0.15, 0.2) is 18.2 Å². The second-order valence-corrected chi connectivity index (χ2v) is 10.9. The van der Waals surface area contributed by atoms with Crippen LogP contribution in [0.25, 0.3) is 0 Å². The highest BCUT2D eigenvalue weighted by molar-refractivity contribution is 5.97. The zero-order valence-electron chi connectivity index (χ0n) is 20.6. The molecule has 9 heteroatoms. The van der Waals surface area contributed by atoms with Gasteiger partial charge in [0.05, 0.1) is 12.3 Å². The van der Waals surface area contributed by atoms with Gasteiger partial charge in [-0.1, -0.05) is 41.5 Å². The molecule has 1 aliphatic heterocycles. The van der Waals surface area contributed by atoms with Crippen LogP contribution in [-0.2, 0) is 14.3 Å². The number of carbonyl (C=O) groups is 2. The monoisotopic (exact) mass is 468 g/mol. The van der Waals surface area contributed by atoms with Crippen LogP contribution >= 0.6 is 0 Å². The van der Waals surface area contributed by atoms with Crippen molar-refractivity contribution < 1.29 is 23.1 Å². The Morgan fingerprint density at radius 2 is 1.79 bits per heavy atom. The van der Waals surface area contributed by atoms with Gasteiger partial charge in [-0.3, -0.25) is 14.5 Å². The van der Waals surface area contributed by atoms with E-state index in [-0.39, 0.29) is 65.9 Å². The van der Waals surface area contributed by atoms with E-state index in [2.05, 4.69) is 51.8 Å². The lowest BCUT2D eigenvalue weighted by atomic mass is 9.91. The predicted molar refractivity (Wildman–Crippen MR) is 127 cm³/mol. The van der Waals surface area contributed by atoms with E-state index in [1.807, 2.05) is 0 Å². The first-order valence-corrected chi connectivity index (χ1v) is 11.3. The second kappa shape index (κ2) is 10.9. The van der Waals surface area contributed by atoms with Gasteiger partial charge in [0.2, 0.25) is 5.91 Å². The number of benzene rings is 1. The molecule has 2 rings (SSSR count). The molecule has 186 valence electrons. The Morgan fingerprint density at radius 1 is 1.18 bits per heavy atom. The van der Waals surface area contributed by atoms with E-state index in [4.69, 9.17) is 10.5 Å². The first kappa shape index (κ1) is 27.1. The van der Waals surface area contributed by atoms with Gasteiger partial charge in [-0.15, -0.1) is 0 Å². The molecule has 0 bridgehead atoms. The Balaban J connectivity index is 2.28. The number of morpholine rings is 1. The second-order valence-electron chi connectivity index (χ2n) is 10.9. The van der Waals surface area contributed by atoms with E-state index in [9.17, 15) is 18.4 Å². The van der Waals surface area contributed by atoms with Crippen LogP contribution < -0.4 is 16.0 Å². The predicted octanol–water partition coefficient (Wildman–Crippen LogP) is 3.65. The van der Waals surface area contributed by atoms with Crippen LogP contribution in [0.3, 0.4) is 0 Å². The molecule has 1 aromatic carbocycles. The number of nitrogens with one attached hydrogen (secondary N) is 1. The Morgan fingerprint density at radius 3 is 2.27 bits per heavy atom. The van der Waals surface area contributed by atoms with Gasteiger partial charge in [0.1, 0.15) is 12.6 Å². The number of halogens is 2. The molecule has 0 saturated carbocycles. The summed E-state index contributed by atoms with van der Waals surface area (Å²) in [5, 5.41) is 2.76. The number of ether oxygens (including phenoxy) is 1. The summed E-state index contributed by atoms with van der Waals surface area (Å²) in [6.45, 7) is 14.3. The molecule has 3 N–H and O–H groups in total. The van der Waals surface area contributed by atoms with Crippen molar-refractivity contribution in [2.75, 3.05) is 49.6 Å². The fourth-order valence-electron chi connectivity index (χ4n) is 3.97. The normalized spacial score (nSPS) is 16.5. The number of nitrogens with zero attached hydrogens (tertiary/aromatic N) is 2. The third-order valence-corrected chi connectivity index (χ3v) is 5.13. The van der Waals surface area contributed by atoms with Crippen LogP contribution in [-0.4, -0.2) is 62.1 Å². The first-order valence-electron chi connectivity index (χ1n) is 11.3. The quantitative estimate of drug-likeness (QED) is 0.608. The third kappa shape index (κ3) is 8.01. The fourth-order valence-corrected chi connectivity index (χ4v) is 3.97. The van der Waals surface area contributed by atoms with Crippen molar-refractivity contribution in [1.82, 2.24) is 4.90 Å². The molecule has 1 fully saturated rings. The Kier molecular flexibility index (Phi) is 8.95. The minimum Gasteiger partial charge on any atom is -0.370 e. The van der Waals surface area contributed by atoms with Crippen molar-refractivity contribution in [2.45, 2.75) is 54.0 Å². The summed E-state index contributed by atoms with van der Waals surface area (Å²) < 4.78 is 32.8. The van der Waals surface area contributed by atoms with E-state index in [1.54, 1.807) is 0 Å². The standard InChI is InChI=1S/C24H38F2N4O3/c1-23(2,3)14-29(15-24(4,5)6)19(12-27)22(32)28-16-7-8-18(17(11-16)21(25)26)30-9-10-33-13-20(30)31/h7-8,11,19,21H,9-10,12-15,27H2,1-6H3,(H,28,32)/t19-/m1/s1. The number of hydrogen-bond acceptors (Lipinski definition) is 5. The molecule has 33 heavy (non-hydrogen) atoms. The van der Waals surface area contributed by atoms with E-state index < -0.39 is 12.5 Å². The van der Waals surface area contributed by atoms with E-state index in [0.717, 1.165) is 0 Å². The molecule has 1 atom stereocenters. The van der Waals surface area contributed by atoms with Crippen LogP contribution in [0.2, 0.25) is 0 Å². The molecule has 0 unspecified atom stereocenters. The Labute approximate surface area is 195 Å². The summed E-state index contributed by atoms with van der Waals surface area (Å²) in [4.78, 5) is 28.7. The van der Waals surface area contributed by atoms with Gasteiger partial charge < -0.3 is 20.7 Å². The first-order chi connectivity index (χ1) is 15.2. The smallest absolute Gasteiger partial charge is 0.265 e. The fraction of sp³-hybridized carbons (Fsp3) is 0.667. The van der Waals surface area contributed by atoms with Crippen LogP contribution in [0.5, 0.6) is 0 Å². The van der Waals surface area contributed by atoms with Crippen molar-refractivity contribution in [3.05, 3.63) is 23.8 Å². The summed E-state index contributed by atoms with van der Waals surface area (Å²) in [6, 6.07) is 3.60. The van der Waals surface area contributed by atoms with Gasteiger partial charge in [-0.2, -0.15) is 0 Å². The highest BCUT2D eigenvalue weighted by Crippen LogP contribution is 2.33. The van der Waals surface area contributed by atoms with E-state index in [1.165, 1.54) is 23.1 Å². The lowest BCUT2D eigenvalue weighted by Crippen LogP contribution is -2.53. The topological polar surface area (TPSA) is 87.9 Å². The SMILES string of the molecule is CC(C)(C)CN(CC(C)(C)C)[C@H](CN)C(=O)Nc1ccc(N2CCOCC2=O)c(C(F)F)c1. The maximum atomic E-state index is 13.8. The average Bonchev–Trinajstić information content (AvgIpc) is 2.66. The molecule has 0 radical (unpaired) electrons. The number of amides is 2. The van der Waals surface area contributed by atoms with Crippen molar-refractivity contribution in [1.29, 1.82) is 0 Å². The zero-order valence-corrected chi connectivity index (χ0v) is 20.6. The summed E-state index contributed by atoms with van der Waals surface area (Å²) in [5.74, 6) is -0.718. The number of carbonyl (C=O) groups excluding carboxylic acids is 2. The van der Waals surface area contributed by atoms with Gasteiger partial charge >= 0.3 is 0 Å². The minimum atomic E-state index is -2.81. The summed E-state index contributed by atoms with van der Waals surface area (Å²) in [7, 11) is 0. The molecular weight excluding hydrogens is 430 g/mol. The Hall–Kier alpha value is -2.10. The van der Waals surface area contributed by atoms with Crippen molar-refractivity contribution in [2.24, 2.45) is 16.6 Å². The summed E-state index contributed by atoms with van der Waals surface area (Å²) in [6.07, 6.45) is -2.81. The number of rotatable bonds is 8. The molecule has 7 nitrogen and oxygen atoms in total. The molecule has 0 spiro atoms. The third-order valence-electron chi connectivity index (χ3n) is 5.13. The highest BCUT2D eigenvalue weighted by Gasteiger charge is 2.32. The lowest BCUT2D eigenvalue weighted by Gasteiger charge is -2.38. The molecule has 0 aliphatic carbocycles.